The summed E-state index contributed by atoms with van der Waals surface area (Å²) in [6.45, 7) is 0. The number of ketones is 2. The van der Waals surface area contributed by atoms with Crippen molar-refractivity contribution in [3.8, 4) is 0 Å². The molecule has 0 aliphatic heterocycles. The zero-order chi connectivity index (χ0) is 13.4. The van der Waals surface area contributed by atoms with E-state index in [1.165, 1.54) is 16.8 Å². The number of aliphatic hydroxyl groups excluding tert-OH is 1. The van der Waals surface area contributed by atoms with Gasteiger partial charge in [0, 0.05) is 18.3 Å². The monoisotopic (exact) mass is 253 g/mol. The van der Waals surface area contributed by atoms with Gasteiger partial charge in [-0.15, -0.1) is 0 Å². The Morgan fingerprint density at radius 3 is 2.47 bits per heavy atom. The molecular formula is C14H9N2O3+. The Balaban J connectivity index is 2.30. The molecule has 3 rings (SSSR count). The van der Waals surface area contributed by atoms with Gasteiger partial charge in [-0.2, -0.15) is 4.57 Å². The molecule has 0 amide bonds. The van der Waals surface area contributed by atoms with Crippen molar-refractivity contribution >= 4 is 23.0 Å². The van der Waals surface area contributed by atoms with Crippen LogP contribution < -0.4 is 4.57 Å². The normalized spacial score (nSPS) is 14.5. The molecule has 0 radical (unpaired) electrons. The minimum absolute atomic E-state index is 0.0724. The maximum absolute atomic E-state index is 12.1. The van der Waals surface area contributed by atoms with E-state index in [4.69, 9.17) is 0 Å². The quantitative estimate of drug-likeness (QED) is 0.608. The second kappa shape index (κ2) is 4.13. The van der Waals surface area contributed by atoms with E-state index in [1.807, 2.05) is 0 Å². The highest BCUT2D eigenvalue weighted by molar-refractivity contribution is 6.58. The van der Waals surface area contributed by atoms with E-state index in [0.29, 0.717) is 0 Å². The molecule has 0 saturated carbocycles. The summed E-state index contributed by atoms with van der Waals surface area (Å²) in [7, 11) is 0. The summed E-state index contributed by atoms with van der Waals surface area (Å²) in [4.78, 5) is 28.0. The molecule has 19 heavy (non-hydrogen) atoms. The molecule has 1 N–H and O–H groups in total. The summed E-state index contributed by atoms with van der Waals surface area (Å²) >= 11 is 0. The number of carbonyl (C=O) groups is 2. The largest absolute Gasteiger partial charge is 0.501 e. The zero-order valence-electron chi connectivity index (χ0n) is 9.78. The van der Waals surface area contributed by atoms with Gasteiger partial charge in [0.25, 0.3) is 0 Å². The van der Waals surface area contributed by atoms with Crippen LogP contribution in [0.4, 0.5) is 0 Å². The Labute approximate surface area is 108 Å². The van der Waals surface area contributed by atoms with Crippen molar-refractivity contribution in [2.75, 3.05) is 0 Å². The van der Waals surface area contributed by atoms with Crippen LogP contribution in [0.3, 0.4) is 0 Å². The predicted octanol–water partition coefficient (Wildman–Crippen LogP) is 1.02. The highest BCUT2D eigenvalue weighted by Gasteiger charge is 2.39. The molecule has 2 aromatic rings. The van der Waals surface area contributed by atoms with Crippen molar-refractivity contribution in [3.05, 3.63) is 60.2 Å². The van der Waals surface area contributed by atoms with Crippen molar-refractivity contribution in [1.29, 1.82) is 0 Å². The maximum atomic E-state index is 12.1. The molecule has 0 atom stereocenters. The van der Waals surface area contributed by atoms with Crippen molar-refractivity contribution in [2.24, 2.45) is 0 Å². The zero-order valence-corrected chi connectivity index (χ0v) is 9.78. The van der Waals surface area contributed by atoms with Gasteiger partial charge in [-0.3, -0.25) is 14.6 Å². The van der Waals surface area contributed by atoms with E-state index in [0.717, 1.165) is 0 Å². The van der Waals surface area contributed by atoms with Crippen molar-refractivity contribution in [2.45, 2.75) is 0 Å². The maximum Gasteiger partial charge on any atom is 0.306 e. The number of aromatic nitrogens is 2. The highest BCUT2D eigenvalue weighted by Crippen LogP contribution is 2.25. The first-order valence-corrected chi connectivity index (χ1v) is 5.64. The third-order valence-corrected chi connectivity index (χ3v) is 2.90. The standard InChI is InChI=1S/C14H8N2O3/c17-12-9-5-4-6-15-10(9)13(18)11(14(12)19)16-7-2-1-3-8-16/h1-8H/p+1. The van der Waals surface area contributed by atoms with Crippen molar-refractivity contribution < 1.29 is 19.3 Å². The van der Waals surface area contributed by atoms with E-state index in [9.17, 15) is 14.7 Å². The number of fused-ring (bicyclic) bond motifs is 1. The molecule has 0 saturated heterocycles. The minimum Gasteiger partial charge on any atom is -0.501 e. The van der Waals surface area contributed by atoms with E-state index in [-0.39, 0.29) is 22.7 Å². The number of Topliss-reactive ketones (excluding diaryl/α,β-unsaturated/α-hetero) is 2. The van der Waals surface area contributed by atoms with E-state index >= 15 is 0 Å². The molecule has 2 heterocycles. The molecular weight excluding hydrogens is 244 g/mol. The summed E-state index contributed by atoms with van der Waals surface area (Å²) in [6.07, 6.45) is 4.64. The molecule has 0 fully saturated rings. The average molecular weight is 253 g/mol. The first kappa shape index (κ1) is 11.3. The van der Waals surface area contributed by atoms with Crippen LogP contribution in [0.1, 0.15) is 16.1 Å². The van der Waals surface area contributed by atoms with Gasteiger partial charge in [0.2, 0.25) is 11.5 Å². The number of aliphatic hydroxyl groups is 1. The smallest absolute Gasteiger partial charge is 0.306 e. The summed E-state index contributed by atoms with van der Waals surface area (Å²) < 4.78 is 1.41. The number of hydrogen-bond donors (Lipinski definition) is 1. The molecule has 1 aliphatic rings. The fourth-order valence-electron chi connectivity index (χ4n) is 2.01. The van der Waals surface area contributed by atoms with E-state index < -0.39 is 11.6 Å². The van der Waals surface area contributed by atoms with Crippen molar-refractivity contribution in [1.82, 2.24) is 4.98 Å². The lowest BCUT2D eigenvalue weighted by molar-refractivity contribution is -0.577. The van der Waals surface area contributed by atoms with Gasteiger partial charge >= 0.3 is 11.5 Å². The number of rotatable bonds is 1. The van der Waals surface area contributed by atoms with Gasteiger partial charge in [-0.25, -0.2) is 0 Å². The fourth-order valence-corrected chi connectivity index (χ4v) is 2.01. The SMILES string of the molecule is O=C1C(=O)c2cccnc2C(O)=C1[n+]1ccccc1. The van der Waals surface area contributed by atoms with Gasteiger partial charge in [0.1, 0.15) is 5.69 Å². The third-order valence-electron chi connectivity index (χ3n) is 2.90. The van der Waals surface area contributed by atoms with Gasteiger partial charge in [-0.1, -0.05) is 6.07 Å². The highest BCUT2D eigenvalue weighted by atomic mass is 16.3. The number of hydrogen-bond acceptors (Lipinski definition) is 4. The molecule has 0 spiro atoms. The Morgan fingerprint density at radius 2 is 1.74 bits per heavy atom. The van der Waals surface area contributed by atoms with E-state index in [1.54, 1.807) is 36.7 Å². The van der Waals surface area contributed by atoms with Crippen molar-refractivity contribution in [3.63, 3.8) is 0 Å². The summed E-state index contributed by atoms with van der Waals surface area (Å²) in [5.41, 5.74) is 0.195. The number of nitrogens with zero attached hydrogens (tertiary/aromatic N) is 2. The Hall–Kier alpha value is -2.82. The molecule has 2 aromatic heterocycles. The van der Waals surface area contributed by atoms with Crippen LogP contribution in [0.5, 0.6) is 0 Å². The average Bonchev–Trinajstić information content (AvgIpc) is 2.46. The molecule has 0 bridgehead atoms. The van der Waals surface area contributed by atoms with Crippen LogP contribution in [0.15, 0.2) is 48.9 Å². The molecule has 0 aromatic carbocycles. The van der Waals surface area contributed by atoms with Crippen LogP contribution in [0.2, 0.25) is 0 Å². The molecule has 0 unspecified atom stereocenters. The summed E-state index contributed by atoms with van der Waals surface area (Å²) in [5, 5.41) is 10.2. The number of pyridine rings is 2. The molecule has 92 valence electrons. The number of carbonyl (C=O) groups excluding carboxylic acids is 2. The lowest BCUT2D eigenvalue weighted by Gasteiger charge is -2.12. The lowest BCUT2D eigenvalue weighted by Crippen LogP contribution is -2.41. The second-order valence-corrected chi connectivity index (χ2v) is 4.04. The molecule has 1 aliphatic carbocycles. The van der Waals surface area contributed by atoms with E-state index in [2.05, 4.69) is 4.98 Å². The first-order valence-electron chi connectivity index (χ1n) is 5.64. The number of allylic oxidation sites excluding steroid dienone is 1. The van der Waals surface area contributed by atoms with Crippen LogP contribution >= 0.6 is 0 Å². The van der Waals surface area contributed by atoms with Gasteiger partial charge < -0.3 is 5.11 Å². The van der Waals surface area contributed by atoms with Crippen LogP contribution in [-0.2, 0) is 4.79 Å². The van der Waals surface area contributed by atoms with Crippen LogP contribution in [0.25, 0.3) is 11.5 Å². The van der Waals surface area contributed by atoms with Crippen LogP contribution in [-0.4, -0.2) is 21.7 Å². The second-order valence-electron chi connectivity index (χ2n) is 4.04. The van der Waals surface area contributed by atoms with Gasteiger partial charge in [0.15, 0.2) is 12.4 Å². The predicted molar refractivity (Wildman–Crippen MR) is 66.0 cm³/mol. The lowest BCUT2D eigenvalue weighted by atomic mass is 9.95. The first-order chi connectivity index (χ1) is 9.20. The minimum atomic E-state index is -0.741. The van der Waals surface area contributed by atoms with Gasteiger partial charge in [0.05, 0.1) is 5.56 Å². The van der Waals surface area contributed by atoms with Crippen LogP contribution in [0, 0.1) is 0 Å². The molecule has 5 heteroatoms. The third kappa shape index (κ3) is 1.63. The fraction of sp³-hybridized carbons (Fsp3) is 0. The Morgan fingerprint density at radius 1 is 1.00 bits per heavy atom. The Kier molecular flexibility index (Phi) is 2.45. The molecule has 5 nitrogen and oxygen atoms in total. The van der Waals surface area contributed by atoms with Gasteiger partial charge in [-0.05, 0) is 12.1 Å². The summed E-state index contributed by atoms with van der Waals surface area (Å²) in [5.74, 6) is -1.68. The topological polar surface area (TPSA) is 71.1 Å². The Bertz CT molecular complexity index is 720. The summed E-state index contributed by atoms with van der Waals surface area (Å²) in [6, 6.07) is 8.20.